The van der Waals surface area contributed by atoms with E-state index in [1.54, 1.807) is 55.5 Å². The van der Waals surface area contributed by atoms with Gasteiger partial charge < -0.3 is 10.2 Å². The number of amides is 2. The molecule has 11 heteroatoms. The molecular formula is C28H30Cl3N3O4S. The van der Waals surface area contributed by atoms with E-state index in [2.05, 4.69) is 5.32 Å². The highest BCUT2D eigenvalue weighted by atomic mass is 35.5. The van der Waals surface area contributed by atoms with Crippen molar-refractivity contribution in [3.8, 4) is 0 Å². The van der Waals surface area contributed by atoms with Gasteiger partial charge in [-0.15, -0.1) is 0 Å². The van der Waals surface area contributed by atoms with Gasteiger partial charge in [-0.25, -0.2) is 8.42 Å². The first kappa shape index (κ1) is 30.8. The fourth-order valence-corrected chi connectivity index (χ4v) is 5.67. The van der Waals surface area contributed by atoms with Gasteiger partial charge in [0.1, 0.15) is 12.6 Å². The minimum Gasteiger partial charge on any atom is -0.354 e. The number of benzene rings is 3. The molecule has 3 aromatic carbocycles. The lowest BCUT2D eigenvalue weighted by molar-refractivity contribution is -0.139. The van der Waals surface area contributed by atoms with Crippen molar-refractivity contribution in [2.75, 3.05) is 17.4 Å². The van der Waals surface area contributed by atoms with E-state index in [1.165, 1.54) is 29.2 Å². The van der Waals surface area contributed by atoms with Gasteiger partial charge in [0.25, 0.3) is 10.0 Å². The number of rotatable bonds is 12. The minimum atomic E-state index is -4.16. The summed E-state index contributed by atoms with van der Waals surface area (Å²) in [7, 11) is -4.16. The second kappa shape index (κ2) is 14.0. The Morgan fingerprint density at radius 1 is 0.923 bits per heavy atom. The number of nitrogens with one attached hydrogen (secondary N) is 1. The second-order valence-electron chi connectivity index (χ2n) is 8.89. The lowest BCUT2D eigenvalue weighted by atomic mass is 10.1. The number of carbonyl (C=O) groups excluding carboxylic acids is 2. The van der Waals surface area contributed by atoms with Crippen LogP contribution in [0.5, 0.6) is 0 Å². The number of hydrogen-bond acceptors (Lipinski definition) is 4. The molecule has 0 unspecified atom stereocenters. The Kier molecular flexibility index (Phi) is 11.1. The summed E-state index contributed by atoms with van der Waals surface area (Å²) in [6, 6.07) is 18.1. The maximum atomic E-state index is 13.9. The van der Waals surface area contributed by atoms with Crippen LogP contribution in [0.25, 0.3) is 0 Å². The summed E-state index contributed by atoms with van der Waals surface area (Å²) in [5.74, 6) is -0.913. The molecule has 3 rings (SSSR count). The van der Waals surface area contributed by atoms with Crippen molar-refractivity contribution in [2.45, 2.75) is 44.2 Å². The van der Waals surface area contributed by atoms with Crippen LogP contribution in [0.1, 0.15) is 32.3 Å². The van der Waals surface area contributed by atoms with E-state index in [-0.39, 0.29) is 17.3 Å². The number of unbranched alkanes of at least 4 members (excludes halogenated alkanes) is 1. The van der Waals surface area contributed by atoms with E-state index in [0.717, 1.165) is 17.1 Å². The van der Waals surface area contributed by atoms with Crippen LogP contribution >= 0.6 is 34.8 Å². The maximum absolute atomic E-state index is 13.9. The molecule has 208 valence electrons. The molecular weight excluding hydrogens is 581 g/mol. The molecule has 0 radical (unpaired) electrons. The van der Waals surface area contributed by atoms with Crippen molar-refractivity contribution in [1.29, 1.82) is 0 Å². The molecule has 39 heavy (non-hydrogen) atoms. The van der Waals surface area contributed by atoms with Crippen LogP contribution < -0.4 is 9.62 Å². The predicted octanol–water partition coefficient (Wildman–Crippen LogP) is 6.18. The molecule has 0 fully saturated rings. The summed E-state index contributed by atoms with van der Waals surface area (Å²) >= 11 is 18.2. The molecule has 0 aromatic heterocycles. The van der Waals surface area contributed by atoms with E-state index in [4.69, 9.17) is 34.8 Å². The van der Waals surface area contributed by atoms with Gasteiger partial charge in [0, 0.05) is 18.1 Å². The Morgan fingerprint density at radius 3 is 2.21 bits per heavy atom. The Morgan fingerprint density at radius 2 is 1.59 bits per heavy atom. The molecule has 1 atom stereocenters. The van der Waals surface area contributed by atoms with Crippen molar-refractivity contribution >= 4 is 62.3 Å². The highest BCUT2D eigenvalue weighted by molar-refractivity contribution is 7.92. The fourth-order valence-electron chi connectivity index (χ4n) is 3.81. The first-order chi connectivity index (χ1) is 18.5. The molecule has 1 N–H and O–H groups in total. The van der Waals surface area contributed by atoms with Gasteiger partial charge in [-0.05, 0) is 67.4 Å². The van der Waals surface area contributed by atoms with Gasteiger partial charge in [-0.3, -0.25) is 13.9 Å². The number of sulfonamides is 1. The van der Waals surface area contributed by atoms with E-state index < -0.39 is 28.5 Å². The molecule has 2 amide bonds. The smallest absolute Gasteiger partial charge is 0.264 e. The molecule has 0 aliphatic heterocycles. The SMILES string of the molecule is CCCCNC(=O)[C@H](C)N(Cc1ccc(Cl)c(Cl)c1)C(=O)CN(c1ccccc1)S(=O)(=O)c1ccc(Cl)cc1. The third kappa shape index (κ3) is 8.11. The van der Waals surface area contributed by atoms with Crippen LogP contribution in [0.4, 0.5) is 5.69 Å². The van der Waals surface area contributed by atoms with Crippen LogP contribution in [-0.2, 0) is 26.2 Å². The second-order valence-corrected chi connectivity index (χ2v) is 12.0. The summed E-state index contributed by atoms with van der Waals surface area (Å²) < 4.78 is 28.5. The fraction of sp³-hybridized carbons (Fsp3) is 0.286. The topological polar surface area (TPSA) is 86.8 Å². The Bertz CT molecular complexity index is 1390. The van der Waals surface area contributed by atoms with Crippen LogP contribution in [0.3, 0.4) is 0 Å². The normalized spacial score (nSPS) is 12.0. The van der Waals surface area contributed by atoms with Crippen LogP contribution in [-0.4, -0.2) is 44.3 Å². The van der Waals surface area contributed by atoms with Gasteiger partial charge >= 0.3 is 0 Å². The molecule has 0 spiro atoms. The highest BCUT2D eigenvalue weighted by Crippen LogP contribution is 2.26. The number of anilines is 1. The van der Waals surface area contributed by atoms with Gasteiger partial charge in [0.05, 0.1) is 20.6 Å². The van der Waals surface area contributed by atoms with Gasteiger partial charge in [0.2, 0.25) is 11.8 Å². The van der Waals surface area contributed by atoms with Gasteiger partial charge in [0.15, 0.2) is 0 Å². The average Bonchev–Trinajstić information content (AvgIpc) is 2.92. The zero-order valence-electron chi connectivity index (χ0n) is 21.6. The number of nitrogens with zero attached hydrogens (tertiary/aromatic N) is 2. The first-order valence-electron chi connectivity index (χ1n) is 12.4. The summed E-state index contributed by atoms with van der Waals surface area (Å²) in [6.07, 6.45) is 1.69. The van der Waals surface area contributed by atoms with E-state index >= 15 is 0 Å². The summed E-state index contributed by atoms with van der Waals surface area (Å²) in [5.41, 5.74) is 0.938. The van der Waals surface area contributed by atoms with Crippen molar-refractivity contribution in [3.05, 3.63) is 93.4 Å². The van der Waals surface area contributed by atoms with E-state index in [0.29, 0.717) is 32.9 Å². The van der Waals surface area contributed by atoms with Crippen molar-refractivity contribution in [2.24, 2.45) is 0 Å². The molecule has 0 heterocycles. The molecule has 0 saturated heterocycles. The summed E-state index contributed by atoms with van der Waals surface area (Å²) in [6.45, 7) is 3.56. The number of hydrogen-bond donors (Lipinski definition) is 1. The molecule has 0 saturated carbocycles. The third-order valence-electron chi connectivity index (χ3n) is 6.06. The number of para-hydroxylation sites is 1. The highest BCUT2D eigenvalue weighted by Gasteiger charge is 2.32. The Balaban J connectivity index is 1.98. The molecule has 0 aliphatic carbocycles. The Hall–Kier alpha value is -2.78. The largest absolute Gasteiger partial charge is 0.354 e. The molecule has 7 nitrogen and oxygen atoms in total. The zero-order valence-corrected chi connectivity index (χ0v) is 24.7. The quantitative estimate of drug-likeness (QED) is 0.248. The van der Waals surface area contributed by atoms with E-state index in [9.17, 15) is 18.0 Å². The van der Waals surface area contributed by atoms with Crippen LogP contribution in [0.15, 0.2) is 77.7 Å². The molecule has 0 aliphatic rings. The first-order valence-corrected chi connectivity index (χ1v) is 15.0. The Labute approximate surface area is 244 Å². The monoisotopic (exact) mass is 609 g/mol. The van der Waals surface area contributed by atoms with Crippen molar-refractivity contribution in [1.82, 2.24) is 10.2 Å². The summed E-state index contributed by atoms with van der Waals surface area (Å²) in [5, 5.41) is 3.89. The van der Waals surface area contributed by atoms with Gasteiger partial charge in [-0.2, -0.15) is 0 Å². The zero-order chi connectivity index (χ0) is 28.6. The average molecular weight is 611 g/mol. The summed E-state index contributed by atoms with van der Waals surface area (Å²) in [4.78, 5) is 28.2. The van der Waals surface area contributed by atoms with Crippen molar-refractivity contribution in [3.63, 3.8) is 0 Å². The standard InChI is InChI=1S/C28H30Cl3N3O4S/c1-3-4-16-32-28(36)20(2)33(18-21-10-15-25(30)26(31)17-21)27(35)19-34(23-8-6-5-7-9-23)39(37,38)24-13-11-22(29)12-14-24/h5-15,17,20H,3-4,16,18-19H2,1-2H3,(H,32,36)/t20-/m0/s1. The number of carbonyl (C=O) groups is 2. The third-order valence-corrected chi connectivity index (χ3v) is 8.84. The van der Waals surface area contributed by atoms with Gasteiger partial charge in [-0.1, -0.05) is 72.4 Å². The maximum Gasteiger partial charge on any atom is 0.264 e. The van der Waals surface area contributed by atoms with Crippen molar-refractivity contribution < 1.29 is 18.0 Å². The van der Waals surface area contributed by atoms with E-state index in [1.807, 2.05) is 6.92 Å². The van der Waals surface area contributed by atoms with Crippen LogP contribution in [0.2, 0.25) is 15.1 Å². The molecule has 0 bridgehead atoms. The number of halogens is 3. The van der Waals surface area contributed by atoms with Crippen LogP contribution in [0, 0.1) is 0 Å². The predicted molar refractivity (Wildman–Crippen MR) is 157 cm³/mol. The molecule has 3 aromatic rings. The minimum absolute atomic E-state index is 0.0156. The lowest BCUT2D eigenvalue weighted by Gasteiger charge is -2.32. The lowest BCUT2D eigenvalue weighted by Crippen LogP contribution is -2.51.